The van der Waals surface area contributed by atoms with Gasteiger partial charge in [0.15, 0.2) is 0 Å². The predicted octanol–water partition coefficient (Wildman–Crippen LogP) is 3.89. The fraction of sp³-hybridized carbons (Fsp3) is 0.647. The largest absolute Gasteiger partial charge is 0.537 e. The summed E-state index contributed by atoms with van der Waals surface area (Å²) in [5.41, 5.74) is 0. The molecule has 0 aromatic heterocycles. The number of rotatable bonds is 12. The Morgan fingerprint density at radius 3 is 1.71 bits per heavy atom. The molecule has 0 amide bonds. The van der Waals surface area contributed by atoms with Crippen LogP contribution < -0.4 is 5.19 Å². The van der Waals surface area contributed by atoms with Crippen LogP contribution >= 0.6 is 0 Å². The standard InChI is InChI=1S/C17H30O3Si/c1-4-7-15-19-21(18-14-6-3,20-16-8-5-2)17-12-10-9-11-13-17/h9-13H,4-8,14-16H2,1-3H3. The highest BCUT2D eigenvalue weighted by Crippen LogP contribution is 2.13. The minimum absolute atomic E-state index is 0.680. The van der Waals surface area contributed by atoms with Gasteiger partial charge >= 0.3 is 8.80 Å². The molecule has 21 heavy (non-hydrogen) atoms. The van der Waals surface area contributed by atoms with E-state index in [4.69, 9.17) is 13.3 Å². The Hall–Kier alpha value is -0.683. The second-order valence-corrected chi connectivity index (χ2v) is 7.73. The van der Waals surface area contributed by atoms with Crippen LogP contribution in [0.25, 0.3) is 0 Å². The van der Waals surface area contributed by atoms with Crippen molar-refractivity contribution < 1.29 is 13.3 Å². The van der Waals surface area contributed by atoms with Gasteiger partial charge < -0.3 is 13.3 Å². The van der Waals surface area contributed by atoms with E-state index in [0.717, 1.165) is 37.3 Å². The Balaban J connectivity index is 2.89. The third kappa shape index (κ3) is 6.30. The van der Waals surface area contributed by atoms with E-state index in [1.165, 1.54) is 0 Å². The van der Waals surface area contributed by atoms with E-state index in [1.807, 2.05) is 18.2 Å². The first kappa shape index (κ1) is 18.4. The molecule has 0 aliphatic heterocycles. The van der Waals surface area contributed by atoms with E-state index in [9.17, 15) is 0 Å². The van der Waals surface area contributed by atoms with Crippen molar-refractivity contribution in [2.75, 3.05) is 19.8 Å². The third-order valence-electron chi connectivity index (χ3n) is 3.20. The molecule has 4 heteroatoms. The lowest BCUT2D eigenvalue weighted by Gasteiger charge is -2.30. The lowest BCUT2D eigenvalue weighted by molar-refractivity contribution is 0.0710. The fourth-order valence-corrected chi connectivity index (χ4v) is 4.61. The van der Waals surface area contributed by atoms with E-state index in [-0.39, 0.29) is 0 Å². The molecule has 1 rings (SSSR count). The molecule has 0 unspecified atom stereocenters. The lowest BCUT2D eigenvalue weighted by atomic mass is 10.4. The maximum atomic E-state index is 6.20. The maximum absolute atomic E-state index is 6.20. The first-order chi connectivity index (χ1) is 10.3. The van der Waals surface area contributed by atoms with Crippen molar-refractivity contribution in [3.8, 4) is 0 Å². The molecule has 0 saturated carbocycles. The van der Waals surface area contributed by atoms with Crippen molar-refractivity contribution >= 4 is 14.0 Å². The molecule has 0 heterocycles. The number of hydrogen-bond donors (Lipinski definition) is 0. The Kier molecular flexibility index (Phi) is 9.59. The van der Waals surface area contributed by atoms with Crippen molar-refractivity contribution in [3.05, 3.63) is 30.3 Å². The molecule has 0 aliphatic carbocycles. The monoisotopic (exact) mass is 310 g/mol. The van der Waals surface area contributed by atoms with E-state index in [2.05, 4.69) is 32.9 Å². The average molecular weight is 311 g/mol. The van der Waals surface area contributed by atoms with Crippen molar-refractivity contribution in [2.24, 2.45) is 0 Å². The highest BCUT2D eigenvalue weighted by atomic mass is 28.4. The van der Waals surface area contributed by atoms with Gasteiger partial charge in [0.05, 0.1) is 0 Å². The van der Waals surface area contributed by atoms with Gasteiger partial charge in [-0.2, -0.15) is 0 Å². The van der Waals surface area contributed by atoms with Gasteiger partial charge in [-0.25, -0.2) is 0 Å². The molecule has 1 aromatic rings. The molecule has 1 aromatic carbocycles. The summed E-state index contributed by atoms with van der Waals surface area (Å²) in [6.45, 7) is 8.53. The van der Waals surface area contributed by atoms with Gasteiger partial charge in [0.25, 0.3) is 0 Å². The summed E-state index contributed by atoms with van der Waals surface area (Å²) in [7, 11) is -2.77. The highest BCUT2D eigenvalue weighted by molar-refractivity contribution is 6.75. The molecule has 3 nitrogen and oxygen atoms in total. The quantitative estimate of drug-likeness (QED) is 0.433. The molecule has 0 bridgehead atoms. The molecular weight excluding hydrogens is 280 g/mol. The molecule has 0 spiro atoms. The Morgan fingerprint density at radius 1 is 0.714 bits per heavy atom. The summed E-state index contributed by atoms with van der Waals surface area (Å²) in [6.07, 6.45) is 5.27. The smallest absolute Gasteiger partial charge is 0.370 e. The van der Waals surface area contributed by atoms with Crippen LogP contribution in [0.1, 0.15) is 52.9 Å². The summed E-state index contributed by atoms with van der Waals surface area (Å²) in [4.78, 5) is 0. The van der Waals surface area contributed by atoms with Crippen LogP contribution in [-0.2, 0) is 13.3 Å². The normalized spacial score (nSPS) is 11.8. The van der Waals surface area contributed by atoms with Crippen molar-refractivity contribution in [3.63, 3.8) is 0 Å². The number of hydrogen-bond acceptors (Lipinski definition) is 3. The summed E-state index contributed by atoms with van der Waals surface area (Å²) < 4.78 is 18.6. The lowest BCUT2D eigenvalue weighted by Crippen LogP contribution is -2.57. The summed E-state index contributed by atoms with van der Waals surface area (Å²) >= 11 is 0. The van der Waals surface area contributed by atoms with E-state index >= 15 is 0 Å². The molecule has 0 N–H and O–H groups in total. The fourth-order valence-electron chi connectivity index (χ4n) is 1.96. The predicted molar refractivity (Wildman–Crippen MR) is 89.8 cm³/mol. The van der Waals surface area contributed by atoms with Crippen LogP contribution in [0.4, 0.5) is 0 Å². The van der Waals surface area contributed by atoms with Gasteiger partial charge in [-0.1, -0.05) is 63.9 Å². The molecule has 0 saturated heterocycles. The SMILES string of the molecule is CCCCO[Si](OCCC)(OCCCC)c1ccccc1. The number of unbranched alkanes of at least 4 members (excludes halogenated alkanes) is 2. The van der Waals surface area contributed by atoms with Gasteiger partial charge in [-0.3, -0.25) is 0 Å². The van der Waals surface area contributed by atoms with Gasteiger partial charge in [0.2, 0.25) is 0 Å². The maximum Gasteiger partial charge on any atom is 0.537 e. The van der Waals surface area contributed by atoms with Crippen LogP contribution in [0, 0.1) is 0 Å². The third-order valence-corrected chi connectivity index (χ3v) is 6.00. The van der Waals surface area contributed by atoms with Gasteiger partial charge in [-0.15, -0.1) is 0 Å². The first-order valence-electron chi connectivity index (χ1n) is 8.26. The van der Waals surface area contributed by atoms with Crippen molar-refractivity contribution in [1.29, 1.82) is 0 Å². The van der Waals surface area contributed by atoms with Crippen molar-refractivity contribution in [2.45, 2.75) is 52.9 Å². The van der Waals surface area contributed by atoms with Crippen LogP contribution in [0.5, 0.6) is 0 Å². The number of benzene rings is 1. The van der Waals surface area contributed by atoms with Crippen LogP contribution in [0.2, 0.25) is 0 Å². The van der Waals surface area contributed by atoms with Crippen LogP contribution in [-0.4, -0.2) is 28.6 Å². The van der Waals surface area contributed by atoms with Crippen LogP contribution in [0.3, 0.4) is 0 Å². The molecule has 0 radical (unpaired) electrons. The van der Waals surface area contributed by atoms with Gasteiger partial charge in [-0.05, 0) is 19.3 Å². The summed E-state index contributed by atoms with van der Waals surface area (Å²) in [5, 5.41) is 1.07. The van der Waals surface area contributed by atoms with E-state index < -0.39 is 8.80 Å². The Morgan fingerprint density at radius 2 is 1.24 bits per heavy atom. The van der Waals surface area contributed by atoms with Gasteiger partial charge in [0.1, 0.15) is 0 Å². The summed E-state index contributed by atoms with van der Waals surface area (Å²) in [6, 6.07) is 10.2. The molecule has 0 aliphatic rings. The van der Waals surface area contributed by atoms with Crippen molar-refractivity contribution in [1.82, 2.24) is 0 Å². The Bertz CT molecular complexity index is 346. The van der Waals surface area contributed by atoms with Gasteiger partial charge in [0, 0.05) is 25.0 Å². The minimum Gasteiger partial charge on any atom is -0.370 e. The zero-order valence-electron chi connectivity index (χ0n) is 13.8. The van der Waals surface area contributed by atoms with Crippen LogP contribution in [0.15, 0.2) is 30.3 Å². The first-order valence-corrected chi connectivity index (χ1v) is 9.99. The zero-order valence-corrected chi connectivity index (χ0v) is 14.8. The zero-order chi connectivity index (χ0) is 15.4. The molecule has 0 atom stereocenters. The van der Waals surface area contributed by atoms with E-state index in [1.54, 1.807) is 0 Å². The second-order valence-electron chi connectivity index (χ2n) is 5.17. The Labute approximate surface area is 131 Å². The molecular formula is C17H30O3Si. The summed E-state index contributed by atoms with van der Waals surface area (Å²) in [5.74, 6) is 0. The topological polar surface area (TPSA) is 27.7 Å². The highest BCUT2D eigenvalue weighted by Gasteiger charge is 2.43. The van der Waals surface area contributed by atoms with E-state index in [0.29, 0.717) is 19.8 Å². The average Bonchev–Trinajstić information content (AvgIpc) is 2.53. The minimum atomic E-state index is -2.77. The second kappa shape index (κ2) is 11.0. The molecule has 120 valence electrons. The molecule has 0 fully saturated rings.